The average Bonchev–Trinajstić information content (AvgIpc) is 2.36. The van der Waals surface area contributed by atoms with E-state index in [0.717, 1.165) is 5.56 Å². The fraction of sp³-hybridized carbons (Fsp3) is 0.533. The molecule has 0 heterocycles. The summed E-state index contributed by atoms with van der Waals surface area (Å²) in [6.45, 7) is 7.91. The zero-order valence-corrected chi connectivity index (χ0v) is 12.2. The van der Waals surface area contributed by atoms with E-state index in [9.17, 15) is 9.90 Å². The Bertz CT molecular complexity index is 412. The Hall–Kier alpha value is -1.39. The summed E-state index contributed by atoms with van der Waals surface area (Å²) < 4.78 is 0. The second-order valence-corrected chi connectivity index (χ2v) is 6.01. The van der Waals surface area contributed by atoms with Crippen LogP contribution < -0.4 is 10.6 Å². The Morgan fingerprint density at radius 3 is 2.21 bits per heavy atom. The molecule has 0 aliphatic heterocycles. The van der Waals surface area contributed by atoms with Gasteiger partial charge in [-0.1, -0.05) is 30.3 Å². The highest BCUT2D eigenvalue weighted by molar-refractivity contribution is 5.79. The molecule has 0 aromatic heterocycles. The number of rotatable bonds is 5. The van der Waals surface area contributed by atoms with Crippen molar-refractivity contribution < 1.29 is 9.90 Å². The molecule has 0 bridgehead atoms. The van der Waals surface area contributed by atoms with E-state index in [-0.39, 0.29) is 24.6 Å². The van der Waals surface area contributed by atoms with Crippen LogP contribution in [0, 0.1) is 0 Å². The van der Waals surface area contributed by atoms with Gasteiger partial charge in [0.25, 0.3) is 0 Å². The van der Waals surface area contributed by atoms with E-state index in [0.29, 0.717) is 0 Å². The first-order valence-electron chi connectivity index (χ1n) is 6.49. The number of aliphatic hydroxyl groups is 1. The van der Waals surface area contributed by atoms with Crippen LogP contribution in [0.4, 0.5) is 0 Å². The lowest BCUT2D eigenvalue weighted by atomic mass is 9.93. The SMILES string of the molecule is CC(C)(C)NCC(=O)NC(C)(CO)c1ccccc1. The van der Waals surface area contributed by atoms with E-state index in [4.69, 9.17) is 0 Å². The molecule has 1 aromatic carbocycles. The Morgan fingerprint density at radius 2 is 1.74 bits per heavy atom. The van der Waals surface area contributed by atoms with Gasteiger partial charge in [-0.05, 0) is 33.3 Å². The topological polar surface area (TPSA) is 61.4 Å². The van der Waals surface area contributed by atoms with Crippen molar-refractivity contribution in [3.05, 3.63) is 35.9 Å². The van der Waals surface area contributed by atoms with Crippen LogP contribution in [-0.4, -0.2) is 29.7 Å². The molecule has 3 N–H and O–H groups in total. The van der Waals surface area contributed by atoms with Crippen molar-refractivity contribution >= 4 is 5.91 Å². The predicted molar refractivity (Wildman–Crippen MR) is 76.8 cm³/mol. The Morgan fingerprint density at radius 1 is 1.16 bits per heavy atom. The summed E-state index contributed by atoms with van der Waals surface area (Å²) in [5, 5.41) is 15.6. The molecule has 1 unspecified atom stereocenters. The van der Waals surface area contributed by atoms with Crippen LogP contribution in [0.25, 0.3) is 0 Å². The highest BCUT2D eigenvalue weighted by Crippen LogP contribution is 2.19. The third-order valence-electron chi connectivity index (χ3n) is 2.92. The van der Waals surface area contributed by atoms with E-state index in [1.807, 2.05) is 58.0 Å². The van der Waals surface area contributed by atoms with E-state index in [1.165, 1.54) is 0 Å². The largest absolute Gasteiger partial charge is 0.394 e. The molecular weight excluding hydrogens is 240 g/mol. The van der Waals surface area contributed by atoms with Crippen LogP contribution in [-0.2, 0) is 10.3 Å². The number of carbonyl (C=O) groups excluding carboxylic acids is 1. The van der Waals surface area contributed by atoms with Gasteiger partial charge in [0, 0.05) is 5.54 Å². The van der Waals surface area contributed by atoms with Gasteiger partial charge < -0.3 is 15.7 Å². The van der Waals surface area contributed by atoms with Crippen molar-refractivity contribution in [3.8, 4) is 0 Å². The molecule has 1 aromatic rings. The summed E-state index contributed by atoms with van der Waals surface area (Å²) >= 11 is 0. The first-order valence-corrected chi connectivity index (χ1v) is 6.49. The Labute approximate surface area is 115 Å². The highest BCUT2D eigenvalue weighted by atomic mass is 16.3. The van der Waals surface area contributed by atoms with Gasteiger partial charge in [0.05, 0.1) is 18.7 Å². The Kier molecular flexibility index (Phi) is 5.09. The lowest BCUT2D eigenvalue weighted by Crippen LogP contribution is -2.51. The minimum atomic E-state index is -0.752. The maximum absolute atomic E-state index is 12.0. The van der Waals surface area contributed by atoms with Gasteiger partial charge in [-0.3, -0.25) is 4.79 Å². The van der Waals surface area contributed by atoms with Gasteiger partial charge in [-0.25, -0.2) is 0 Å². The molecule has 0 saturated carbocycles. The number of benzene rings is 1. The third-order valence-corrected chi connectivity index (χ3v) is 2.92. The number of hydrogen-bond donors (Lipinski definition) is 3. The van der Waals surface area contributed by atoms with Crippen molar-refractivity contribution in [2.45, 2.75) is 38.8 Å². The standard InChI is InChI=1S/C15H24N2O2/c1-14(2,3)16-10-13(19)17-15(4,11-18)12-8-6-5-7-9-12/h5-9,16,18H,10-11H2,1-4H3,(H,17,19). The fourth-order valence-electron chi connectivity index (χ4n) is 1.71. The molecule has 0 fully saturated rings. The molecular formula is C15H24N2O2. The molecule has 0 saturated heterocycles. The third kappa shape index (κ3) is 5.01. The molecule has 4 heteroatoms. The number of amides is 1. The van der Waals surface area contributed by atoms with Crippen molar-refractivity contribution in [1.82, 2.24) is 10.6 Å². The second-order valence-electron chi connectivity index (χ2n) is 6.01. The maximum Gasteiger partial charge on any atom is 0.234 e. The summed E-state index contributed by atoms with van der Waals surface area (Å²) in [7, 11) is 0. The van der Waals surface area contributed by atoms with Gasteiger partial charge >= 0.3 is 0 Å². The minimum Gasteiger partial charge on any atom is -0.394 e. The summed E-state index contributed by atoms with van der Waals surface area (Å²) in [6.07, 6.45) is 0. The molecule has 19 heavy (non-hydrogen) atoms. The molecule has 4 nitrogen and oxygen atoms in total. The molecule has 1 amide bonds. The zero-order chi connectivity index (χ0) is 14.5. The summed E-state index contributed by atoms with van der Waals surface area (Å²) in [4.78, 5) is 12.0. The van der Waals surface area contributed by atoms with Crippen molar-refractivity contribution in [2.75, 3.05) is 13.2 Å². The monoisotopic (exact) mass is 264 g/mol. The number of aliphatic hydroxyl groups excluding tert-OH is 1. The van der Waals surface area contributed by atoms with Crippen molar-refractivity contribution in [2.24, 2.45) is 0 Å². The van der Waals surface area contributed by atoms with Crippen LogP contribution in [0.3, 0.4) is 0 Å². The smallest absolute Gasteiger partial charge is 0.234 e. The van der Waals surface area contributed by atoms with Gasteiger partial charge in [-0.2, -0.15) is 0 Å². The molecule has 0 aliphatic rings. The quantitative estimate of drug-likeness (QED) is 0.753. The zero-order valence-electron chi connectivity index (χ0n) is 12.2. The molecule has 1 rings (SSSR count). The van der Waals surface area contributed by atoms with Gasteiger partial charge in [0.2, 0.25) is 5.91 Å². The lowest BCUT2D eigenvalue weighted by molar-refractivity contribution is -0.123. The first-order chi connectivity index (χ1) is 8.77. The van der Waals surface area contributed by atoms with Crippen LogP contribution in [0.5, 0.6) is 0 Å². The van der Waals surface area contributed by atoms with E-state index < -0.39 is 5.54 Å². The first kappa shape index (κ1) is 15.7. The molecule has 1 atom stereocenters. The highest BCUT2D eigenvalue weighted by Gasteiger charge is 2.27. The molecule has 0 spiro atoms. The molecule has 0 aliphatic carbocycles. The normalized spacial score (nSPS) is 14.8. The van der Waals surface area contributed by atoms with E-state index in [1.54, 1.807) is 0 Å². The number of carbonyl (C=O) groups is 1. The lowest BCUT2D eigenvalue weighted by Gasteiger charge is -2.30. The summed E-state index contributed by atoms with van der Waals surface area (Å²) in [6, 6.07) is 9.48. The van der Waals surface area contributed by atoms with Crippen LogP contribution in [0.1, 0.15) is 33.3 Å². The predicted octanol–water partition coefficient (Wildman–Crippen LogP) is 1.40. The van der Waals surface area contributed by atoms with E-state index >= 15 is 0 Å². The summed E-state index contributed by atoms with van der Waals surface area (Å²) in [5.74, 6) is -0.129. The molecule has 106 valence electrons. The van der Waals surface area contributed by atoms with Gasteiger partial charge in [-0.15, -0.1) is 0 Å². The van der Waals surface area contributed by atoms with Gasteiger partial charge in [0.1, 0.15) is 0 Å². The van der Waals surface area contributed by atoms with Crippen LogP contribution >= 0.6 is 0 Å². The number of nitrogens with one attached hydrogen (secondary N) is 2. The number of hydrogen-bond acceptors (Lipinski definition) is 3. The van der Waals surface area contributed by atoms with E-state index in [2.05, 4.69) is 10.6 Å². The minimum absolute atomic E-state index is 0.111. The second kappa shape index (κ2) is 6.17. The van der Waals surface area contributed by atoms with Gasteiger partial charge in [0.15, 0.2) is 0 Å². The molecule has 0 radical (unpaired) electrons. The maximum atomic E-state index is 12.0. The van der Waals surface area contributed by atoms with Crippen molar-refractivity contribution in [1.29, 1.82) is 0 Å². The Balaban J connectivity index is 2.69. The van der Waals surface area contributed by atoms with Crippen LogP contribution in [0.15, 0.2) is 30.3 Å². The van der Waals surface area contributed by atoms with Crippen molar-refractivity contribution in [3.63, 3.8) is 0 Å². The summed E-state index contributed by atoms with van der Waals surface area (Å²) in [5.41, 5.74) is 0.0269. The average molecular weight is 264 g/mol. The van der Waals surface area contributed by atoms with Crippen LogP contribution in [0.2, 0.25) is 0 Å². The fourth-order valence-corrected chi connectivity index (χ4v) is 1.71.